The van der Waals surface area contributed by atoms with E-state index < -0.39 is 27.8 Å². The Morgan fingerprint density at radius 2 is 2.17 bits per heavy atom. The van der Waals surface area contributed by atoms with Gasteiger partial charge >= 0.3 is 32.3 Å². The van der Waals surface area contributed by atoms with E-state index in [1.165, 1.54) is 10.0 Å². The molecule has 1 aliphatic carbocycles. The average molecular weight is 504 g/mol. The molecule has 0 saturated heterocycles. The topological polar surface area (TPSA) is 34.1 Å². The zero-order valence-electron chi connectivity index (χ0n) is 7.13. The van der Waals surface area contributed by atoms with E-state index in [-0.39, 0.29) is 7.43 Å². The first-order valence-electron chi connectivity index (χ1n) is 3.14. The molecule has 1 rings (SSSR count). The molecule has 0 heterocycles. The van der Waals surface area contributed by atoms with Gasteiger partial charge in [-0.1, -0.05) is 19.3 Å². The van der Waals surface area contributed by atoms with E-state index in [1.807, 2.05) is 6.08 Å². The Hall–Kier alpha value is 0.862. The average Bonchev–Trinajstić information content (AvgIpc) is 1.88. The van der Waals surface area contributed by atoms with Gasteiger partial charge in [0.05, 0.1) is 0 Å². The molecule has 0 spiro atoms. The molecule has 0 unspecified atom stereocenters. The third-order valence-corrected chi connectivity index (χ3v) is 1.89. The molecule has 0 bridgehead atoms. The van der Waals surface area contributed by atoms with Gasteiger partial charge in [0, 0.05) is 0 Å². The molecule has 0 aromatic carbocycles. The van der Waals surface area contributed by atoms with Crippen LogP contribution in [0.2, 0.25) is 0 Å². The third kappa shape index (κ3) is 8.95. The van der Waals surface area contributed by atoms with Gasteiger partial charge in [0.25, 0.3) is 0 Å². The van der Waals surface area contributed by atoms with E-state index >= 15 is 0 Å². The molecule has 1 aliphatic rings. The molecular weight excluding hydrogens is 493 g/mol. The second kappa shape index (κ2) is 9.95. The first kappa shape index (κ1) is 15.3. The molecule has 66 valence electrons. The quantitative estimate of drug-likeness (QED) is 0.376. The van der Waals surface area contributed by atoms with Crippen LogP contribution in [0.5, 0.6) is 0 Å². The number of hydrogen-bond donors (Lipinski definition) is 0. The van der Waals surface area contributed by atoms with Crippen molar-refractivity contribution < 1.29 is 32.3 Å². The number of allylic oxidation sites excluding steroid dienone is 4. The molecule has 0 aromatic rings. The maximum absolute atomic E-state index is 8.58. The predicted octanol–water partition coefficient (Wildman–Crippen LogP) is 2.92. The monoisotopic (exact) mass is 504 g/mol. The van der Waals surface area contributed by atoms with E-state index in [0.717, 1.165) is 0 Å². The standard InChI is InChI=1S/C7H8I.CH3.2O.U/c1-6-3-2-4-7(8)5-6;;;;/h3-4,6H,5H2,1H3;1H3;;;/q2*-1;;;+2/t6-;;;;/m1..../s1. The Morgan fingerprint density at radius 3 is 2.42 bits per heavy atom. The minimum absolute atomic E-state index is 0. The molecule has 1 atom stereocenters. The molecule has 0 aliphatic heterocycles. The van der Waals surface area contributed by atoms with E-state index in [1.54, 1.807) is 0 Å². The summed E-state index contributed by atoms with van der Waals surface area (Å²) in [6.07, 6.45) is 8.45. The summed E-state index contributed by atoms with van der Waals surface area (Å²) in [5.74, 6) is 0.701. The van der Waals surface area contributed by atoms with Crippen molar-refractivity contribution in [1.29, 1.82) is 0 Å². The SMILES string of the molecule is C[C@@H]1C=[C-]C=C(I)C1.[CH3-].[O]=[U+2]=[O]. The Kier molecular flexibility index (Phi) is 12.7. The summed E-state index contributed by atoms with van der Waals surface area (Å²) in [5.41, 5.74) is 0. The molecule has 4 heteroatoms. The van der Waals surface area contributed by atoms with Gasteiger partial charge < -0.3 is 7.43 Å². The first-order valence-corrected chi connectivity index (χ1v) is 7.61. The van der Waals surface area contributed by atoms with Crippen LogP contribution < -0.4 is 0 Å². The van der Waals surface area contributed by atoms with Crippen LogP contribution in [-0.4, -0.2) is 0 Å². The van der Waals surface area contributed by atoms with E-state index in [9.17, 15) is 0 Å². The van der Waals surface area contributed by atoms with Crippen molar-refractivity contribution in [2.24, 2.45) is 5.92 Å². The number of halogens is 1. The summed E-state index contributed by atoms with van der Waals surface area (Å²) in [6, 6.07) is 0. The van der Waals surface area contributed by atoms with Crippen LogP contribution in [-0.2, 0) is 4.47 Å². The van der Waals surface area contributed by atoms with Crippen molar-refractivity contribution in [3.05, 3.63) is 29.2 Å². The zero-order valence-corrected chi connectivity index (χ0v) is 13.5. The number of rotatable bonds is 0. The predicted molar refractivity (Wildman–Crippen MR) is 51.5 cm³/mol. The van der Waals surface area contributed by atoms with Gasteiger partial charge in [-0.05, 0) is 0 Å². The molecule has 12 heavy (non-hydrogen) atoms. The fraction of sp³-hybridized carbons (Fsp3) is 0.375. The molecule has 0 radical (unpaired) electrons. The molecule has 0 N–H and O–H groups in total. The van der Waals surface area contributed by atoms with Crippen molar-refractivity contribution in [3.63, 3.8) is 0 Å². The summed E-state index contributed by atoms with van der Waals surface area (Å²) in [5, 5.41) is 0. The van der Waals surface area contributed by atoms with E-state index in [0.29, 0.717) is 5.92 Å². The van der Waals surface area contributed by atoms with Crippen molar-refractivity contribution in [2.75, 3.05) is 0 Å². The fourth-order valence-electron chi connectivity index (χ4n) is 0.728. The Balaban J connectivity index is 0. The summed E-state index contributed by atoms with van der Waals surface area (Å²) in [4.78, 5) is 0. The van der Waals surface area contributed by atoms with Crippen LogP contribution in [0.15, 0.2) is 15.7 Å². The zero-order chi connectivity index (χ0) is 8.69. The van der Waals surface area contributed by atoms with Gasteiger partial charge in [0.2, 0.25) is 0 Å². The van der Waals surface area contributed by atoms with Crippen molar-refractivity contribution in [3.8, 4) is 0 Å². The van der Waals surface area contributed by atoms with Crippen molar-refractivity contribution >= 4 is 22.6 Å². The summed E-state index contributed by atoms with van der Waals surface area (Å²) in [6.45, 7) is 2.21. The van der Waals surface area contributed by atoms with Crippen LogP contribution in [0.3, 0.4) is 0 Å². The van der Waals surface area contributed by atoms with Gasteiger partial charge in [-0.25, -0.2) is 6.08 Å². The molecule has 0 aromatic heterocycles. The van der Waals surface area contributed by atoms with Gasteiger partial charge in [-0.3, -0.25) is 6.08 Å². The van der Waals surface area contributed by atoms with Crippen molar-refractivity contribution in [2.45, 2.75) is 13.3 Å². The van der Waals surface area contributed by atoms with Gasteiger partial charge in [-0.2, -0.15) is 32.2 Å². The molecule has 2 nitrogen and oxygen atoms in total. The fourth-order valence-corrected chi connectivity index (χ4v) is 1.60. The summed E-state index contributed by atoms with van der Waals surface area (Å²) in [7, 11) is 0. The Labute approximate surface area is 102 Å². The normalized spacial score (nSPS) is 19.2. The third-order valence-electron chi connectivity index (χ3n) is 1.14. The van der Waals surface area contributed by atoms with Crippen LogP contribution in [0.4, 0.5) is 0 Å². The summed E-state index contributed by atoms with van der Waals surface area (Å²) < 4.78 is 18.6. The van der Waals surface area contributed by atoms with E-state index in [4.69, 9.17) is 4.47 Å². The van der Waals surface area contributed by atoms with Crippen LogP contribution >= 0.6 is 22.6 Å². The van der Waals surface area contributed by atoms with Gasteiger partial charge in [0.1, 0.15) is 0 Å². The summed E-state index contributed by atoms with van der Waals surface area (Å²) >= 11 is -0.155. The van der Waals surface area contributed by atoms with Crippen LogP contribution in [0.25, 0.3) is 0 Å². The van der Waals surface area contributed by atoms with Gasteiger partial charge in [0.15, 0.2) is 0 Å². The van der Waals surface area contributed by atoms with Crippen LogP contribution in [0, 0.1) is 47.2 Å². The Morgan fingerprint density at radius 1 is 1.67 bits per heavy atom. The molecule has 0 fully saturated rings. The van der Waals surface area contributed by atoms with Crippen LogP contribution in [0.1, 0.15) is 13.3 Å². The van der Waals surface area contributed by atoms with E-state index in [2.05, 4.69) is 41.7 Å². The Bertz CT molecular complexity index is 205. The van der Waals surface area contributed by atoms with Gasteiger partial charge in [-0.15, -0.1) is 0 Å². The molecule has 0 saturated carbocycles. The maximum atomic E-state index is 8.58. The minimum atomic E-state index is -2.51. The first-order chi connectivity index (χ1) is 5.20. The molecule has 0 amide bonds. The molecular formula is C8H11IO2U. The second-order valence-corrected chi connectivity index (χ2v) is 4.27. The van der Waals surface area contributed by atoms with Crippen molar-refractivity contribution in [1.82, 2.24) is 0 Å². The number of hydrogen-bond acceptors (Lipinski definition) is 2. The second-order valence-electron chi connectivity index (χ2n) is 2.19.